The van der Waals surface area contributed by atoms with Gasteiger partial charge in [-0.1, -0.05) is 61.2 Å². The quantitative estimate of drug-likeness (QED) is 0.851. The zero-order chi connectivity index (χ0) is 16.4. The zero-order valence-electron chi connectivity index (χ0n) is 13.6. The first-order valence-corrected chi connectivity index (χ1v) is 9.56. The van der Waals surface area contributed by atoms with E-state index < -0.39 is 0 Å². The van der Waals surface area contributed by atoms with Crippen LogP contribution in [-0.4, -0.2) is 21.4 Å². The minimum atomic E-state index is -0.176. The van der Waals surface area contributed by atoms with Gasteiger partial charge in [-0.25, -0.2) is 0 Å². The van der Waals surface area contributed by atoms with Crippen molar-refractivity contribution in [1.29, 1.82) is 0 Å². The van der Waals surface area contributed by atoms with Gasteiger partial charge < -0.3 is 5.32 Å². The lowest BCUT2D eigenvalue weighted by Gasteiger charge is -2.37. The molecule has 3 rings (SSSR count). The molecule has 1 aliphatic carbocycles. The van der Waals surface area contributed by atoms with E-state index in [1.807, 2.05) is 6.92 Å². The fraction of sp³-hybridized carbons (Fsp3) is 0.471. The fourth-order valence-corrected chi connectivity index (χ4v) is 4.71. The SMILES string of the molecule is C[C@H](Sc1nncs1)C(=O)N[C@H]1CCC(C)(C)c2ccccc21. The lowest BCUT2D eigenvalue weighted by atomic mass is 9.71. The number of fused-ring (bicyclic) bond motifs is 1. The van der Waals surface area contributed by atoms with Crippen molar-refractivity contribution in [2.24, 2.45) is 0 Å². The monoisotopic (exact) mass is 347 g/mol. The maximum absolute atomic E-state index is 12.5. The van der Waals surface area contributed by atoms with Crippen LogP contribution in [0.25, 0.3) is 0 Å². The van der Waals surface area contributed by atoms with E-state index in [2.05, 4.69) is 53.6 Å². The van der Waals surface area contributed by atoms with E-state index in [-0.39, 0.29) is 22.6 Å². The summed E-state index contributed by atoms with van der Waals surface area (Å²) in [5.74, 6) is 0.0599. The Balaban J connectivity index is 1.72. The van der Waals surface area contributed by atoms with Gasteiger partial charge in [0, 0.05) is 0 Å². The van der Waals surface area contributed by atoms with Crippen LogP contribution >= 0.6 is 23.1 Å². The van der Waals surface area contributed by atoms with Crippen LogP contribution in [0, 0.1) is 0 Å². The van der Waals surface area contributed by atoms with Gasteiger partial charge in [-0.2, -0.15) is 0 Å². The highest BCUT2D eigenvalue weighted by Crippen LogP contribution is 2.41. The molecule has 0 radical (unpaired) electrons. The third kappa shape index (κ3) is 3.58. The van der Waals surface area contributed by atoms with Gasteiger partial charge in [-0.05, 0) is 36.3 Å². The molecule has 122 valence electrons. The Labute approximate surface area is 145 Å². The molecule has 2 atom stereocenters. The van der Waals surface area contributed by atoms with Crippen molar-refractivity contribution >= 4 is 29.0 Å². The van der Waals surface area contributed by atoms with Gasteiger partial charge >= 0.3 is 0 Å². The molecule has 4 nitrogen and oxygen atoms in total. The number of nitrogens with zero attached hydrogens (tertiary/aromatic N) is 2. The van der Waals surface area contributed by atoms with Gasteiger partial charge in [0.2, 0.25) is 5.91 Å². The van der Waals surface area contributed by atoms with Gasteiger partial charge in [-0.3, -0.25) is 4.79 Å². The smallest absolute Gasteiger partial charge is 0.233 e. The summed E-state index contributed by atoms with van der Waals surface area (Å²) in [6.07, 6.45) is 2.05. The van der Waals surface area contributed by atoms with Crippen LogP contribution in [0.2, 0.25) is 0 Å². The van der Waals surface area contributed by atoms with E-state index in [0.717, 1.165) is 17.2 Å². The van der Waals surface area contributed by atoms with Crippen molar-refractivity contribution in [2.45, 2.75) is 54.7 Å². The number of nitrogens with one attached hydrogen (secondary N) is 1. The Hall–Kier alpha value is -1.40. The zero-order valence-corrected chi connectivity index (χ0v) is 15.2. The van der Waals surface area contributed by atoms with E-state index in [0.29, 0.717) is 0 Å². The second-order valence-electron chi connectivity index (χ2n) is 6.54. The molecule has 2 aromatic rings. The Morgan fingerprint density at radius 3 is 2.96 bits per heavy atom. The van der Waals surface area contributed by atoms with Crippen molar-refractivity contribution < 1.29 is 4.79 Å². The molecule has 0 bridgehead atoms. The molecular formula is C17H21N3OS2. The molecule has 1 amide bonds. The average Bonchev–Trinajstić information content (AvgIpc) is 3.03. The van der Waals surface area contributed by atoms with Gasteiger partial charge in [0.05, 0.1) is 11.3 Å². The minimum absolute atomic E-state index is 0.0599. The Bertz CT molecular complexity index is 685. The minimum Gasteiger partial charge on any atom is -0.348 e. The molecule has 1 aliphatic rings. The number of rotatable bonds is 4. The number of amides is 1. The molecule has 1 aromatic heterocycles. The lowest BCUT2D eigenvalue weighted by Crippen LogP contribution is -2.38. The molecule has 0 unspecified atom stereocenters. The molecule has 1 heterocycles. The molecule has 23 heavy (non-hydrogen) atoms. The van der Waals surface area contributed by atoms with E-state index in [9.17, 15) is 4.79 Å². The first kappa shape index (κ1) is 16.5. The van der Waals surface area contributed by atoms with Crippen molar-refractivity contribution in [3.8, 4) is 0 Å². The number of benzene rings is 1. The summed E-state index contributed by atoms with van der Waals surface area (Å²) in [5, 5.41) is 10.8. The Kier molecular flexibility index (Phi) is 4.73. The maximum atomic E-state index is 12.5. The highest BCUT2D eigenvalue weighted by molar-refractivity contribution is 8.02. The van der Waals surface area contributed by atoms with Crippen molar-refractivity contribution in [3.63, 3.8) is 0 Å². The van der Waals surface area contributed by atoms with Crippen molar-refractivity contribution in [2.75, 3.05) is 0 Å². The number of carbonyl (C=O) groups excluding carboxylic acids is 1. The Morgan fingerprint density at radius 1 is 1.43 bits per heavy atom. The average molecular weight is 348 g/mol. The van der Waals surface area contributed by atoms with E-state index in [1.165, 1.54) is 34.2 Å². The first-order valence-electron chi connectivity index (χ1n) is 7.80. The summed E-state index contributed by atoms with van der Waals surface area (Å²) in [7, 11) is 0. The highest BCUT2D eigenvalue weighted by atomic mass is 32.2. The second kappa shape index (κ2) is 6.61. The predicted molar refractivity (Wildman–Crippen MR) is 94.8 cm³/mol. The third-order valence-electron chi connectivity index (χ3n) is 4.43. The van der Waals surface area contributed by atoms with Gasteiger partial charge in [-0.15, -0.1) is 10.2 Å². The summed E-state index contributed by atoms with van der Waals surface area (Å²) in [4.78, 5) is 12.5. The number of hydrogen-bond acceptors (Lipinski definition) is 5. The number of aromatic nitrogens is 2. The summed E-state index contributed by atoms with van der Waals surface area (Å²) >= 11 is 2.92. The summed E-state index contributed by atoms with van der Waals surface area (Å²) in [6, 6.07) is 8.57. The number of thioether (sulfide) groups is 1. The molecule has 6 heteroatoms. The van der Waals surface area contributed by atoms with E-state index >= 15 is 0 Å². The largest absolute Gasteiger partial charge is 0.348 e. The van der Waals surface area contributed by atoms with Crippen LogP contribution in [0.1, 0.15) is 50.8 Å². The fourth-order valence-electron chi connectivity index (χ4n) is 3.07. The molecule has 1 N–H and O–H groups in total. The van der Waals surface area contributed by atoms with Gasteiger partial charge in [0.25, 0.3) is 0 Å². The maximum Gasteiger partial charge on any atom is 0.233 e. The number of hydrogen-bond donors (Lipinski definition) is 1. The van der Waals surface area contributed by atoms with Crippen LogP contribution < -0.4 is 5.32 Å². The molecule has 0 saturated carbocycles. The van der Waals surface area contributed by atoms with Gasteiger partial charge in [0.15, 0.2) is 4.34 Å². The Morgan fingerprint density at radius 2 is 2.22 bits per heavy atom. The molecule has 0 saturated heterocycles. The molecule has 0 spiro atoms. The van der Waals surface area contributed by atoms with Crippen LogP contribution in [0.4, 0.5) is 0 Å². The van der Waals surface area contributed by atoms with Crippen LogP contribution in [0.3, 0.4) is 0 Å². The van der Waals surface area contributed by atoms with E-state index in [1.54, 1.807) is 5.51 Å². The lowest BCUT2D eigenvalue weighted by molar-refractivity contribution is -0.121. The summed E-state index contributed by atoms with van der Waals surface area (Å²) in [5.41, 5.74) is 4.46. The van der Waals surface area contributed by atoms with Crippen LogP contribution in [0.5, 0.6) is 0 Å². The van der Waals surface area contributed by atoms with Crippen molar-refractivity contribution in [1.82, 2.24) is 15.5 Å². The third-order valence-corrected chi connectivity index (χ3v) is 6.34. The van der Waals surface area contributed by atoms with Gasteiger partial charge in [0.1, 0.15) is 5.51 Å². The highest BCUT2D eigenvalue weighted by Gasteiger charge is 2.33. The standard InChI is InChI=1S/C17H21N3OS2/c1-11(23-16-20-18-10-22-16)15(21)19-14-8-9-17(2,3)13-7-5-4-6-12(13)14/h4-7,10-11,14H,8-9H2,1-3H3,(H,19,21)/t11-,14-/m0/s1. The molecule has 0 aliphatic heterocycles. The summed E-state index contributed by atoms with van der Waals surface area (Å²) in [6.45, 7) is 6.47. The second-order valence-corrected chi connectivity index (χ2v) is 8.96. The number of carbonyl (C=O) groups is 1. The van der Waals surface area contributed by atoms with Crippen LogP contribution in [0.15, 0.2) is 34.1 Å². The predicted octanol–water partition coefficient (Wildman–Crippen LogP) is 3.95. The topological polar surface area (TPSA) is 54.9 Å². The van der Waals surface area contributed by atoms with E-state index in [4.69, 9.17) is 0 Å². The molecular weight excluding hydrogens is 326 g/mol. The molecule has 1 aromatic carbocycles. The first-order chi connectivity index (χ1) is 11.0. The van der Waals surface area contributed by atoms with Crippen molar-refractivity contribution in [3.05, 3.63) is 40.9 Å². The van der Waals surface area contributed by atoms with Crippen LogP contribution in [-0.2, 0) is 10.2 Å². The molecule has 0 fully saturated rings. The normalized spacial score (nSPS) is 20.6. The summed E-state index contributed by atoms with van der Waals surface area (Å²) < 4.78 is 0.831.